The van der Waals surface area contributed by atoms with Crippen LogP contribution in [0.2, 0.25) is 19.6 Å². The van der Waals surface area contributed by atoms with Crippen molar-refractivity contribution in [2.45, 2.75) is 25.7 Å². The third kappa shape index (κ3) is 3.05. The molecule has 0 aliphatic rings. The Balaban J connectivity index is 2.28. The quantitative estimate of drug-likeness (QED) is 0.859. The van der Waals surface area contributed by atoms with Crippen molar-refractivity contribution >= 4 is 20.5 Å². The second kappa shape index (κ2) is 5.45. The van der Waals surface area contributed by atoms with E-state index >= 15 is 0 Å². The molecule has 0 radical (unpaired) electrons. The maximum Gasteiger partial charge on any atom is 0.119 e. The molecule has 0 amide bonds. The van der Waals surface area contributed by atoms with Crippen molar-refractivity contribution in [3.63, 3.8) is 0 Å². The monoisotopic (exact) mass is 285 g/mol. The minimum absolute atomic E-state index is 1.07. The van der Waals surface area contributed by atoms with Crippen molar-refractivity contribution in [1.29, 1.82) is 0 Å². The lowest BCUT2D eigenvalue weighted by molar-refractivity contribution is 1.31. The minimum Gasteiger partial charge on any atom is -0.352 e. The van der Waals surface area contributed by atoms with E-state index in [-0.39, 0.29) is 0 Å². The van der Waals surface area contributed by atoms with Gasteiger partial charge in [0.1, 0.15) is 7.75 Å². The Hall–Kier alpha value is -1.17. The van der Waals surface area contributed by atoms with Gasteiger partial charge in [0.15, 0.2) is 0 Å². The van der Waals surface area contributed by atoms with E-state index in [0.717, 1.165) is 6.04 Å². The third-order valence-corrected chi connectivity index (χ3v) is 20.1. The zero-order valence-electron chi connectivity index (χ0n) is 12.1. The van der Waals surface area contributed by atoms with E-state index < -0.39 is 15.3 Å². The molecule has 2 aromatic rings. The van der Waals surface area contributed by atoms with Crippen molar-refractivity contribution in [3.8, 4) is 0 Å². The lowest BCUT2D eigenvalue weighted by atomic mass is 10.2. The fourth-order valence-electron chi connectivity index (χ4n) is 2.43. The Labute approximate surface area is 118 Å². The molecule has 1 nitrogen and oxygen atoms in total. The van der Waals surface area contributed by atoms with Crippen LogP contribution in [0.25, 0.3) is 0 Å². The zero-order valence-corrected chi connectivity index (χ0v) is 14.1. The summed E-state index contributed by atoms with van der Waals surface area (Å²) in [5.74, 6) is 0. The van der Waals surface area contributed by atoms with Crippen LogP contribution >= 0.6 is 0 Å². The van der Waals surface area contributed by atoms with Gasteiger partial charge in [-0.15, -0.1) is 0 Å². The average molecular weight is 286 g/mol. The standard InChI is InChI=1S/C16H23NSi2/c1-18(2,16-12-8-5-9-13-16)19(3,17)14-15-10-6-4-7-11-15/h4-13H,14,17H2,1-3H3. The van der Waals surface area contributed by atoms with Gasteiger partial charge in [-0.05, 0) is 11.6 Å². The Kier molecular flexibility index (Phi) is 4.08. The van der Waals surface area contributed by atoms with Gasteiger partial charge in [-0.3, -0.25) is 0 Å². The molecule has 0 aromatic heterocycles. The average Bonchev–Trinajstić information content (AvgIpc) is 2.40. The van der Waals surface area contributed by atoms with Gasteiger partial charge in [0.25, 0.3) is 0 Å². The summed E-state index contributed by atoms with van der Waals surface area (Å²) >= 11 is 0. The molecule has 0 bridgehead atoms. The van der Waals surface area contributed by atoms with Crippen LogP contribution in [0.3, 0.4) is 0 Å². The van der Waals surface area contributed by atoms with Crippen molar-refractivity contribution in [2.24, 2.45) is 5.40 Å². The Morgan fingerprint density at radius 1 is 0.789 bits per heavy atom. The van der Waals surface area contributed by atoms with Gasteiger partial charge in [-0.25, -0.2) is 0 Å². The molecule has 0 saturated carbocycles. The van der Waals surface area contributed by atoms with E-state index in [0.29, 0.717) is 0 Å². The van der Waals surface area contributed by atoms with Gasteiger partial charge in [-0.1, -0.05) is 85.5 Å². The highest BCUT2D eigenvalue weighted by atomic mass is 29.3. The van der Waals surface area contributed by atoms with Crippen molar-refractivity contribution in [3.05, 3.63) is 66.2 Å². The maximum absolute atomic E-state index is 6.86. The first kappa shape index (κ1) is 14.2. The molecule has 0 aliphatic carbocycles. The highest BCUT2D eigenvalue weighted by Gasteiger charge is 2.43. The molecule has 0 saturated heterocycles. The first-order chi connectivity index (χ1) is 8.93. The molecule has 0 aliphatic heterocycles. The second-order valence-corrected chi connectivity index (χ2v) is 20.3. The van der Waals surface area contributed by atoms with Crippen LogP contribution in [0.4, 0.5) is 0 Å². The van der Waals surface area contributed by atoms with E-state index in [9.17, 15) is 0 Å². The van der Waals surface area contributed by atoms with Crippen molar-refractivity contribution in [2.75, 3.05) is 0 Å². The molecular weight excluding hydrogens is 262 g/mol. The van der Waals surface area contributed by atoms with Gasteiger partial charge >= 0.3 is 0 Å². The first-order valence-corrected chi connectivity index (χ1v) is 13.6. The number of hydrogen-bond acceptors (Lipinski definition) is 1. The van der Waals surface area contributed by atoms with Crippen molar-refractivity contribution in [1.82, 2.24) is 0 Å². The molecule has 0 fully saturated rings. The van der Waals surface area contributed by atoms with E-state index in [2.05, 4.69) is 80.3 Å². The molecule has 0 spiro atoms. The Morgan fingerprint density at radius 2 is 1.26 bits per heavy atom. The number of nitrogens with two attached hydrogens (primary N) is 1. The zero-order chi connectivity index (χ0) is 13.9. The summed E-state index contributed by atoms with van der Waals surface area (Å²) in [5, 5.41) is 8.35. The number of benzene rings is 2. The van der Waals surface area contributed by atoms with Crippen LogP contribution in [-0.4, -0.2) is 15.3 Å². The van der Waals surface area contributed by atoms with Crippen LogP contribution < -0.4 is 10.6 Å². The van der Waals surface area contributed by atoms with Crippen LogP contribution in [0.1, 0.15) is 5.56 Å². The molecule has 19 heavy (non-hydrogen) atoms. The van der Waals surface area contributed by atoms with Crippen LogP contribution in [0, 0.1) is 0 Å². The SMILES string of the molecule is C[Si](N)(Cc1ccccc1)[Si](C)(C)c1ccccc1. The molecule has 3 heteroatoms. The largest absolute Gasteiger partial charge is 0.352 e. The molecule has 1 unspecified atom stereocenters. The molecule has 2 N–H and O–H groups in total. The predicted octanol–water partition coefficient (Wildman–Crippen LogP) is 3.00. The van der Waals surface area contributed by atoms with E-state index in [1.54, 1.807) is 0 Å². The number of hydrogen-bond donors (Lipinski definition) is 1. The lowest BCUT2D eigenvalue weighted by Gasteiger charge is -2.38. The summed E-state index contributed by atoms with van der Waals surface area (Å²) in [6.07, 6.45) is 0. The lowest BCUT2D eigenvalue weighted by Crippen LogP contribution is -2.71. The van der Waals surface area contributed by atoms with Crippen LogP contribution in [0.5, 0.6) is 0 Å². The molecular formula is C16H23NSi2. The van der Waals surface area contributed by atoms with Gasteiger partial charge in [0.2, 0.25) is 0 Å². The Morgan fingerprint density at radius 3 is 1.79 bits per heavy atom. The van der Waals surface area contributed by atoms with Crippen LogP contribution in [0.15, 0.2) is 60.7 Å². The summed E-state index contributed by atoms with van der Waals surface area (Å²) in [7, 11) is -3.35. The predicted molar refractivity (Wildman–Crippen MR) is 89.5 cm³/mol. The maximum atomic E-state index is 6.86. The molecule has 0 heterocycles. The van der Waals surface area contributed by atoms with Gasteiger partial charge < -0.3 is 5.40 Å². The minimum atomic E-state index is -1.77. The summed E-state index contributed by atoms with van der Waals surface area (Å²) in [6.45, 7) is 7.20. The smallest absolute Gasteiger partial charge is 0.119 e. The fourth-order valence-corrected chi connectivity index (χ4v) is 10.1. The summed E-state index contributed by atoms with van der Waals surface area (Å²) in [5.41, 5.74) is 1.38. The van der Waals surface area contributed by atoms with Crippen molar-refractivity contribution < 1.29 is 0 Å². The highest BCUT2D eigenvalue weighted by molar-refractivity contribution is 7.44. The highest BCUT2D eigenvalue weighted by Crippen LogP contribution is 2.19. The van der Waals surface area contributed by atoms with Gasteiger partial charge in [0.05, 0.1) is 7.59 Å². The summed E-state index contributed by atoms with van der Waals surface area (Å²) < 4.78 is 0. The normalized spacial score (nSPS) is 14.9. The summed E-state index contributed by atoms with van der Waals surface area (Å²) in [6, 6.07) is 22.6. The fraction of sp³-hybridized carbons (Fsp3) is 0.250. The van der Waals surface area contributed by atoms with E-state index in [4.69, 9.17) is 5.40 Å². The van der Waals surface area contributed by atoms with E-state index in [1.165, 1.54) is 10.8 Å². The van der Waals surface area contributed by atoms with Gasteiger partial charge in [-0.2, -0.15) is 0 Å². The topological polar surface area (TPSA) is 26.0 Å². The Bertz CT molecular complexity index is 521. The van der Waals surface area contributed by atoms with Gasteiger partial charge in [0, 0.05) is 0 Å². The molecule has 2 rings (SSSR count). The third-order valence-electron chi connectivity index (χ3n) is 4.34. The second-order valence-electron chi connectivity index (χ2n) is 6.07. The molecule has 100 valence electrons. The van der Waals surface area contributed by atoms with Crippen LogP contribution in [-0.2, 0) is 6.04 Å². The summed E-state index contributed by atoms with van der Waals surface area (Å²) in [4.78, 5) is 0. The van der Waals surface area contributed by atoms with E-state index in [1.807, 2.05) is 0 Å². The molecule has 1 atom stereocenters. The first-order valence-electron chi connectivity index (χ1n) is 6.82. The molecule has 2 aromatic carbocycles. The number of rotatable bonds is 4.